The zero-order chi connectivity index (χ0) is 23.5. The van der Waals surface area contributed by atoms with Crippen molar-refractivity contribution < 1.29 is 18.7 Å². The lowest BCUT2D eigenvalue weighted by molar-refractivity contribution is 0.102. The Labute approximate surface area is 197 Å². The predicted molar refractivity (Wildman–Crippen MR) is 127 cm³/mol. The van der Waals surface area contributed by atoms with Gasteiger partial charge in [0.05, 0.1) is 41.6 Å². The van der Waals surface area contributed by atoms with Crippen LogP contribution in [0.15, 0.2) is 70.6 Å². The molecule has 0 radical (unpaired) electrons. The van der Waals surface area contributed by atoms with Gasteiger partial charge in [-0.25, -0.2) is 9.37 Å². The van der Waals surface area contributed by atoms with Crippen molar-refractivity contribution in [3.63, 3.8) is 0 Å². The summed E-state index contributed by atoms with van der Waals surface area (Å²) in [4.78, 5) is 30.7. The van der Waals surface area contributed by atoms with Gasteiger partial charge in [0.15, 0.2) is 22.4 Å². The van der Waals surface area contributed by atoms with Crippen LogP contribution in [0.25, 0.3) is 16.6 Å². The summed E-state index contributed by atoms with van der Waals surface area (Å²) in [5.41, 5.74) is 0.933. The van der Waals surface area contributed by atoms with E-state index in [1.807, 2.05) is 0 Å². The Hall–Kier alpha value is -3.36. The Bertz CT molecular complexity index is 1420. The van der Waals surface area contributed by atoms with E-state index in [0.717, 1.165) is 11.8 Å². The molecule has 1 aromatic heterocycles. The number of ketones is 1. The van der Waals surface area contributed by atoms with E-state index in [1.54, 1.807) is 42.5 Å². The summed E-state index contributed by atoms with van der Waals surface area (Å²) in [6, 6.07) is 15.8. The van der Waals surface area contributed by atoms with Crippen LogP contribution in [-0.2, 0) is 0 Å². The first-order valence-corrected chi connectivity index (χ1v) is 11.1. The smallest absolute Gasteiger partial charge is 0.266 e. The number of aromatic nitrogens is 2. The van der Waals surface area contributed by atoms with Crippen LogP contribution in [-0.4, -0.2) is 35.3 Å². The number of carbonyl (C=O) groups excluding carboxylic acids is 1. The number of Topliss-reactive ketones (excluding diaryl/α,β-unsaturated/α-hetero) is 1. The minimum atomic E-state index is -0.597. The molecule has 0 unspecified atom stereocenters. The van der Waals surface area contributed by atoms with E-state index < -0.39 is 5.82 Å². The van der Waals surface area contributed by atoms with E-state index in [1.165, 1.54) is 37.0 Å². The fraction of sp³-hybridized carbons (Fsp3) is 0.125. The zero-order valence-electron chi connectivity index (χ0n) is 17.7. The number of rotatable bonds is 7. The fourth-order valence-electron chi connectivity index (χ4n) is 3.28. The lowest BCUT2D eigenvalue weighted by Gasteiger charge is -2.14. The summed E-state index contributed by atoms with van der Waals surface area (Å²) in [5, 5.41) is 0.564. The number of hydrogen-bond donors (Lipinski definition) is 0. The van der Waals surface area contributed by atoms with E-state index in [0.29, 0.717) is 33.7 Å². The third kappa shape index (κ3) is 4.58. The van der Waals surface area contributed by atoms with Gasteiger partial charge >= 0.3 is 0 Å². The number of thioether (sulfide) groups is 1. The van der Waals surface area contributed by atoms with Crippen molar-refractivity contribution in [2.75, 3.05) is 20.0 Å². The van der Waals surface area contributed by atoms with Crippen molar-refractivity contribution in [2.45, 2.75) is 5.16 Å². The van der Waals surface area contributed by atoms with Gasteiger partial charge in [0, 0.05) is 5.56 Å². The zero-order valence-corrected chi connectivity index (χ0v) is 19.2. The van der Waals surface area contributed by atoms with E-state index >= 15 is 0 Å². The van der Waals surface area contributed by atoms with Gasteiger partial charge in [0.25, 0.3) is 5.56 Å². The second-order valence-corrected chi connectivity index (χ2v) is 8.28. The van der Waals surface area contributed by atoms with Crippen LogP contribution in [0.2, 0.25) is 5.02 Å². The van der Waals surface area contributed by atoms with Gasteiger partial charge in [0.1, 0.15) is 5.82 Å². The molecule has 0 saturated carbocycles. The van der Waals surface area contributed by atoms with Crippen molar-refractivity contribution in [3.05, 3.63) is 87.4 Å². The number of methoxy groups -OCH3 is 2. The van der Waals surface area contributed by atoms with Gasteiger partial charge in [-0.2, -0.15) is 0 Å². The number of benzene rings is 3. The SMILES string of the molecule is COc1ccc(C(=O)CSc2nc3ccccc3c(=O)n2-c2ccc(F)c(Cl)c2)cc1OC. The first kappa shape index (κ1) is 22.8. The molecule has 33 heavy (non-hydrogen) atoms. The first-order valence-electron chi connectivity index (χ1n) is 9.78. The van der Waals surface area contributed by atoms with Crippen LogP contribution < -0.4 is 15.0 Å². The Morgan fingerprint density at radius 2 is 1.82 bits per heavy atom. The molecule has 0 aliphatic rings. The third-order valence-corrected chi connectivity index (χ3v) is 6.17. The van der Waals surface area contributed by atoms with Crippen LogP contribution in [0.1, 0.15) is 10.4 Å². The van der Waals surface area contributed by atoms with E-state index in [9.17, 15) is 14.0 Å². The molecule has 0 amide bonds. The summed E-state index contributed by atoms with van der Waals surface area (Å²) >= 11 is 7.05. The van der Waals surface area contributed by atoms with Gasteiger partial charge in [-0.15, -0.1) is 0 Å². The van der Waals surface area contributed by atoms with Gasteiger partial charge < -0.3 is 9.47 Å². The summed E-state index contributed by atoms with van der Waals surface area (Å²) in [6.07, 6.45) is 0. The standard InChI is InChI=1S/C24H18ClFN2O4S/c1-31-21-10-7-14(11-22(21)32-2)20(29)13-33-24-27-19-6-4-3-5-16(19)23(30)28(24)15-8-9-18(26)17(25)12-15/h3-12H,13H2,1-2H3. The molecule has 168 valence electrons. The van der Waals surface area contributed by atoms with Crippen LogP contribution in [0.4, 0.5) is 4.39 Å². The van der Waals surface area contributed by atoms with Crippen molar-refractivity contribution in [2.24, 2.45) is 0 Å². The average Bonchev–Trinajstić information content (AvgIpc) is 2.84. The van der Waals surface area contributed by atoms with Crippen LogP contribution >= 0.6 is 23.4 Å². The number of halogens is 2. The van der Waals surface area contributed by atoms with Crippen molar-refractivity contribution in [1.82, 2.24) is 9.55 Å². The Morgan fingerprint density at radius 3 is 2.55 bits per heavy atom. The average molecular weight is 485 g/mol. The van der Waals surface area contributed by atoms with Crippen LogP contribution in [0.3, 0.4) is 0 Å². The van der Waals surface area contributed by atoms with Gasteiger partial charge in [-0.1, -0.05) is 35.5 Å². The molecule has 0 spiro atoms. The molecule has 0 atom stereocenters. The molecule has 1 heterocycles. The molecule has 4 aromatic rings. The molecular weight excluding hydrogens is 467 g/mol. The summed E-state index contributed by atoms with van der Waals surface area (Å²) in [6.45, 7) is 0. The normalized spacial score (nSPS) is 10.9. The number of ether oxygens (including phenoxy) is 2. The molecule has 0 aliphatic carbocycles. The number of nitrogens with zero attached hydrogens (tertiary/aromatic N) is 2. The highest BCUT2D eigenvalue weighted by atomic mass is 35.5. The molecule has 0 fully saturated rings. The number of para-hydroxylation sites is 1. The van der Waals surface area contributed by atoms with Crippen LogP contribution in [0, 0.1) is 5.82 Å². The number of fused-ring (bicyclic) bond motifs is 1. The largest absolute Gasteiger partial charge is 0.493 e. The molecule has 3 aromatic carbocycles. The molecule has 0 N–H and O–H groups in total. The third-order valence-electron chi connectivity index (χ3n) is 4.94. The number of hydrogen-bond acceptors (Lipinski definition) is 6. The van der Waals surface area contributed by atoms with E-state index in [2.05, 4.69) is 4.98 Å². The highest BCUT2D eigenvalue weighted by Crippen LogP contribution is 2.29. The molecular formula is C24H18ClFN2O4S. The van der Waals surface area contributed by atoms with Gasteiger partial charge in [-0.05, 0) is 48.5 Å². The van der Waals surface area contributed by atoms with Crippen molar-refractivity contribution >= 4 is 40.0 Å². The molecule has 0 aliphatic heterocycles. The molecule has 0 bridgehead atoms. The maximum atomic E-state index is 13.7. The maximum absolute atomic E-state index is 13.7. The summed E-state index contributed by atoms with van der Waals surface area (Å²) in [5.74, 6) is 0.178. The minimum absolute atomic E-state index is 0.00912. The highest BCUT2D eigenvalue weighted by Gasteiger charge is 2.17. The Balaban J connectivity index is 1.73. The Morgan fingerprint density at radius 1 is 1.06 bits per heavy atom. The second-order valence-electron chi connectivity index (χ2n) is 6.93. The molecule has 9 heteroatoms. The molecule has 6 nitrogen and oxygen atoms in total. The molecule has 0 saturated heterocycles. The van der Waals surface area contributed by atoms with Crippen LogP contribution in [0.5, 0.6) is 11.5 Å². The maximum Gasteiger partial charge on any atom is 0.266 e. The highest BCUT2D eigenvalue weighted by molar-refractivity contribution is 7.99. The van der Waals surface area contributed by atoms with Crippen molar-refractivity contribution in [3.8, 4) is 17.2 Å². The monoisotopic (exact) mass is 484 g/mol. The minimum Gasteiger partial charge on any atom is -0.493 e. The topological polar surface area (TPSA) is 70.4 Å². The number of carbonyl (C=O) groups is 1. The summed E-state index contributed by atoms with van der Waals surface area (Å²) < 4.78 is 25.5. The lowest BCUT2D eigenvalue weighted by atomic mass is 10.1. The van der Waals surface area contributed by atoms with Gasteiger partial charge in [0.2, 0.25) is 0 Å². The quantitative estimate of drug-likeness (QED) is 0.205. The van der Waals surface area contributed by atoms with Gasteiger partial charge in [-0.3, -0.25) is 14.2 Å². The Kier molecular flexibility index (Phi) is 6.67. The molecule has 4 rings (SSSR count). The fourth-order valence-corrected chi connectivity index (χ4v) is 4.37. The van der Waals surface area contributed by atoms with E-state index in [4.69, 9.17) is 21.1 Å². The lowest BCUT2D eigenvalue weighted by Crippen LogP contribution is -2.22. The predicted octanol–water partition coefficient (Wildman–Crippen LogP) is 5.17. The first-order chi connectivity index (χ1) is 15.9. The van der Waals surface area contributed by atoms with E-state index in [-0.39, 0.29) is 27.3 Å². The summed E-state index contributed by atoms with van der Waals surface area (Å²) in [7, 11) is 3.01. The van der Waals surface area contributed by atoms with Crippen molar-refractivity contribution in [1.29, 1.82) is 0 Å². The second kappa shape index (κ2) is 9.64.